The minimum Gasteiger partial charge on any atom is -0.276 e. The topological polar surface area (TPSA) is 30.0 Å². The first-order valence-corrected chi connectivity index (χ1v) is 5.61. The van der Waals surface area contributed by atoms with Gasteiger partial charge in [0.2, 0.25) is 0 Å². The van der Waals surface area contributed by atoms with Crippen LogP contribution in [0.2, 0.25) is 0 Å². The van der Waals surface area contributed by atoms with Gasteiger partial charge >= 0.3 is 0 Å². The van der Waals surface area contributed by atoms with E-state index < -0.39 is 5.24 Å². The Bertz CT molecular complexity index is 736. The summed E-state index contributed by atoms with van der Waals surface area (Å²) in [5, 5.41) is 1.64. The summed E-state index contributed by atoms with van der Waals surface area (Å²) in [6, 6.07) is 15.2. The van der Waals surface area contributed by atoms with Crippen molar-refractivity contribution in [1.29, 1.82) is 0 Å². The molecular formula is C14H8ClNO. The van der Waals surface area contributed by atoms with Crippen molar-refractivity contribution in [3.8, 4) is 0 Å². The molecule has 2 aromatic carbocycles. The third-order valence-corrected chi connectivity index (χ3v) is 2.96. The van der Waals surface area contributed by atoms with Gasteiger partial charge in [-0.15, -0.1) is 0 Å². The minimum absolute atomic E-state index is 0.457. The summed E-state index contributed by atoms with van der Waals surface area (Å²) in [4.78, 5) is 15.6. The molecule has 1 heterocycles. The molecule has 0 N–H and O–H groups in total. The normalized spacial score (nSPS) is 10.9. The molecule has 0 fully saturated rings. The Balaban J connectivity index is 2.36. The standard InChI is InChI=1S/C14H8ClNO/c15-14(17)11-6-5-10-7-9-3-1-2-4-12(9)16-13(10)8-11/h1-8H. The number of benzene rings is 2. The zero-order chi connectivity index (χ0) is 11.8. The van der Waals surface area contributed by atoms with Crippen molar-refractivity contribution >= 4 is 38.6 Å². The van der Waals surface area contributed by atoms with Crippen molar-refractivity contribution in [3.05, 3.63) is 54.1 Å². The molecule has 0 bridgehead atoms. The van der Waals surface area contributed by atoms with Crippen LogP contribution in [-0.2, 0) is 0 Å². The Morgan fingerprint density at radius 3 is 2.53 bits per heavy atom. The van der Waals surface area contributed by atoms with Gasteiger partial charge in [-0.05, 0) is 35.9 Å². The first-order chi connectivity index (χ1) is 8.24. The van der Waals surface area contributed by atoms with Crippen molar-refractivity contribution < 1.29 is 4.79 Å². The van der Waals surface area contributed by atoms with Gasteiger partial charge in [-0.25, -0.2) is 4.98 Å². The zero-order valence-electron chi connectivity index (χ0n) is 8.85. The van der Waals surface area contributed by atoms with E-state index in [0.29, 0.717) is 5.56 Å². The maximum Gasteiger partial charge on any atom is 0.252 e. The molecule has 3 aromatic rings. The van der Waals surface area contributed by atoms with Crippen molar-refractivity contribution in [2.45, 2.75) is 0 Å². The number of rotatable bonds is 1. The number of hydrogen-bond donors (Lipinski definition) is 0. The lowest BCUT2D eigenvalue weighted by Crippen LogP contribution is -1.89. The molecule has 0 saturated heterocycles. The van der Waals surface area contributed by atoms with Gasteiger partial charge in [-0.3, -0.25) is 4.79 Å². The molecule has 2 nitrogen and oxygen atoms in total. The van der Waals surface area contributed by atoms with E-state index >= 15 is 0 Å². The fraction of sp³-hybridized carbons (Fsp3) is 0. The number of carbonyl (C=O) groups is 1. The number of halogens is 1. The number of aromatic nitrogens is 1. The summed E-state index contributed by atoms with van der Waals surface area (Å²) < 4.78 is 0. The maximum absolute atomic E-state index is 11.1. The highest BCUT2D eigenvalue weighted by atomic mass is 35.5. The lowest BCUT2D eigenvalue weighted by atomic mass is 10.1. The second kappa shape index (κ2) is 3.82. The number of nitrogens with zero attached hydrogens (tertiary/aromatic N) is 1. The lowest BCUT2D eigenvalue weighted by molar-refractivity contribution is 0.108. The van der Waals surface area contributed by atoms with Crippen LogP contribution in [0.1, 0.15) is 10.4 Å². The lowest BCUT2D eigenvalue weighted by Gasteiger charge is -2.02. The number of hydrogen-bond acceptors (Lipinski definition) is 2. The number of carbonyl (C=O) groups excluding carboxylic acids is 1. The summed E-state index contributed by atoms with van der Waals surface area (Å²) in [6.07, 6.45) is 0. The van der Waals surface area contributed by atoms with Crippen molar-refractivity contribution in [3.63, 3.8) is 0 Å². The fourth-order valence-corrected chi connectivity index (χ4v) is 2.01. The third-order valence-electron chi connectivity index (χ3n) is 2.75. The van der Waals surface area contributed by atoms with Gasteiger partial charge in [0.05, 0.1) is 11.0 Å². The number of pyridine rings is 1. The average molecular weight is 242 g/mol. The highest BCUT2D eigenvalue weighted by Crippen LogP contribution is 2.21. The van der Waals surface area contributed by atoms with E-state index in [1.54, 1.807) is 12.1 Å². The molecule has 0 unspecified atom stereocenters. The maximum atomic E-state index is 11.1. The van der Waals surface area contributed by atoms with Crippen molar-refractivity contribution in [1.82, 2.24) is 4.98 Å². The van der Waals surface area contributed by atoms with Crippen LogP contribution in [0, 0.1) is 0 Å². The van der Waals surface area contributed by atoms with E-state index in [1.807, 2.05) is 30.3 Å². The third kappa shape index (κ3) is 1.77. The average Bonchev–Trinajstić information content (AvgIpc) is 2.35. The van der Waals surface area contributed by atoms with Crippen LogP contribution in [0.15, 0.2) is 48.5 Å². The van der Waals surface area contributed by atoms with Gasteiger partial charge in [-0.2, -0.15) is 0 Å². The summed E-state index contributed by atoms with van der Waals surface area (Å²) in [7, 11) is 0. The Labute approximate surface area is 103 Å². The molecule has 0 amide bonds. The Kier molecular flexibility index (Phi) is 2.30. The van der Waals surface area contributed by atoms with E-state index in [2.05, 4.69) is 11.1 Å². The van der Waals surface area contributed by atoms with Crippen LogP contribution >= 0.6 is 11.6 Å². The fourth-order valence-electron chi connectivity index (χ4n) is 1.89. The van der Waals surface area contributed by atoms with Gasteiger partial charge in [0.25, 0.3) is 5.24 Å². The molecule has 3 heteroatoms. The van der Waals surface area contributed by atoms with Gasteiger partial charge in [0, 0.05) is 16.3 Å². The van der Waals surface area contributed by atoms with Crippen LogP contribution in [-0.4, -0.2) is 10.2 Å². The Hall–Kier alpha value is -1.93. The first-order valence-electron chi connectivity index (χ1n) is 5.23. The first kappa shape index (κ1) is 10.2. The van der Waals surface area contributed by atoms with E-state index in [9.17, 15) is 4.79 Å². The van der Waals surface area contributed by atoms with Crippen LogP contribution in [0.25, 0.3) is 21.8 Å². The molecule has 0 aliphatic rings. The molecule has 0 aliphatic heterocycles. The monoisotopic (exact) mass is 241 g/mol. The van der Waals surface area contributed by atoms with Crippen molar-refractivity contribution in [2.24, 2.45) is 0 Å². The summed E-state index contributed by atoms with van der Waals surface area (Å²) in [6.45, 7) is 0. The second-order valence-electron chi connectivity index (χ2n) is 3.86. The van der Waals surface area contributed by atoms with E-state index in [1.165, 1.54) is 0 Å². The second-order valence-corrected chi connectivity index (χ2v) is 4.21. The molecule has 82 valence electrons. The zero-order valence-corrected chi connectivity index (χ0v) is 9.61. The highest BCUT2D eigenvalue weighted by Gasteiger charge is 2.04. The summed E-state index contributed by atoms with van der Waals surface area (Å²) in [5.74, 6) is 0. The molecule has 1 aromatic heterocycles. The van der Waals surface area contributed by atoms with Crippen LogP contribution in [0.5, 0.6) is 0 Å². The highest BCUT2D eigenvalue weighted by molar-refractivity contribution is 6.67. The minimum atomic E-state index is -0.457. The van der Waals surface area contributed by atoms with Gasteiger partial charge in [-0.1, -0.05) is 24.3 Å². The summed E-state index contributed by atoms with van der Waals surface area (Å²) >= 11 is 5.46. The van der Waals surface area contributed by atoms with Crippen LogP contribution in [0.3, 0.4) is 0 Å². The van der Waals surface area contributed by atoms with Crippen LogP contribution in [0.4, 0.5) is 0 Å². The number of para-hydroxylation sites is 1. The predicted octanol–water partition coefficient (Wildman–Crippen LogP) is 3.77. The van der Waals surface area contributed by atoms with Crippen molar-refractivity contribution in [2.75, 3.05) is 0 Å². The Morgan fingerprint density at radius 1 is 0.941 bits per heavy atom. The molecule has 0 spiro atoms. The van der Waals surface area contributed by atoms with Gasteiger partial charge in [0.1, 0.15) is 0 Å². The molecule has 3 rings (SSSR count). The smallest absolute Gasteiger partial charge is 0.252 e. The van der Waals surface area contributed by atoms with E-state index in [-0.39, 0.29) is 0 Å². The SMILES string of the molecule is O=C(Cl)c1ccc2cc3ccccc3nc2c1. The Morgan fingerprint density at radius 2 is 1.71 bits per heavy atom. The predicted molar refractivity (Wildman–Crippen MR) is 69.4 cm³/mol. The molecular weight excluding hydrogens is 234 g/mol. The molecule has 17 heavy (non-hydrogen) atoms. The van der Waals surface area contributed by atoms with Gasteiger partial charge in [0.15, 0.2) is 0 Å². The quantitative estimate of drug-likeness (QED) is 0.480. The largest absolute Gasteiger partial charge is 0.276 e. The molecule has 0 aliphatic carbocycles. The number of fused-ring (bicyclic) bond motifs is 2. The van der Waals surface area contributed by atoms with Crippen LogP contribution < -0.4 is 0 Å². The molecule has 0 radical (unpaired) electrons. The van der Waals surface area contributed by atoms with E-state index in [0.717, 1.165) is 21.8 Å². The molecule has 0 saturated carbocycles. The van der Waals surface area contributed by atoms with E-state index in [4.69, 9.17) is 11.6 Å². The molecule has 0 atom stereocenters. The van der Waals surface area contributed by atoms with Gasteiger partial charge < -0.3 is 0 Å². The summed E-state index contributed by atoms with van der Waals surface area (Å²) in [5.41, 5.74) is 2.18.